The van der Waals surface area contributed by atoms with Crippen molar-refractivity contribution in [3.8, 4) is 11.5 Å². The van der Waals surface area contributed by atoms with Gasteiger partial charge in [-0.25, -0.2) is 0 Å². The van der Waals surface area contributed by atoms with E-state index < -0.39 is 4.92 Å². The van der Waals surface area contributed by atoms with E-state index in [0.717, 1.165) is 11.3 Å². The van der Waals surface area contributed by atoms with Crippen molar-refractivity contribution in [2.45, 2.75) is 6.54 Å². The highest BCUT2D eigenvalue weighted by atomic mass is 79.9. The molecule has 1 N–H and O–H groups in total. The summed E-state index contributed by atoms with van der Waals surface area (Å²) in [7, 11) is 1.86. The standard InChI is InChI=1S/C14H13BrN2O3/c1-16-9-10-4-2-3-5-13(10)20-14-7-6-11(17(18)19)8-12(14)15/h2-8,16H,9H2,1H3. The van der Waals surface area contributed by atoms with Gasteiger partial charge in [0, 0.05) is 24.2 Å². The van der Waals surface area contributed by atoms with Gasteiger partial charge in [0.25, 0.3) is 5.69 Å². The number of rotatable bonds is 5. The van der Waals surface area contributed by atoms with Gasteiger partial charge >= 0.3 is 0 Å². The van der Waals surface area contributed by atoms with Crippen LogP contribution in [0.25, 0.3) is 0 Å². The first-order valence-corrected chi connectivity index (χ1v) is 6.75. The molecule has 2 aromatic rings. The topological polar surface area (TPSA) is 64.4 Å². The second-order valence-electron chi connectivity index (χ2n) is 4.11. The highest BCUT2D eigenvalue weighted by Gasteiger charge is 2.11. The molecule has 20 heavy (non-hydrogen) atoms. The molecule has 0 bridgehead atoms. The molecular formula is C14H13BrN2O3. The molecular weight excluding hydrogens is 324 g/mol. The van der Waals surface area contributed by atoms with Crippen LogP contribution in [-0.4, -0.2) is 12.0 Å². The Morgan fingerprint density at radius 3 is 2.65 bits per heavy atom. The molecule has 6 heteroatoms. The Balaban J connectivity index is 2.28. The number of para-hydroxylation sites is 1. The molecule has 0 saturated heterocycles. The smallest absolute Gasteiger partial charge is 0.270 e. The molecule has 0 spiro atoms. The average Bonchev–Trinajstić information content (AvgIpc) is 2.43. The lowest BCUT2D eigenvalue weighted by atomic mass is 10.2. The third-order valence-corrected chi connectivity index (χ3v) is 3.31. The van der Waals surface area contributed by atoms with E-state index in [0.29, 0.717) is 16.8 Å². The summed E-state index contributed by atoms with van der Waals surface area (Å²) in [6.45, 7) is 0.681. The lowest BCUT2D eigenvalue weighted by Gasteiger charge is -2.11. The molecule has 0 aliphatic carbocycles. The van der Waals surface area contributed by atoms with Crippen molar-refractivity contribution < 1.29 is 9.66 Å². The molecule has 0 aliphatic rings. The average molecular weight is 337 g/mol. The van der Waals surface area contributed by atoms with E-state index >= 15 is 0 Å². The van der Waals surface area contributed by atoms with Crippen LogP contribution >= 0.6 is 15.9 Å². The van der Waals surface area contributed by atoms with Gasteiger partial charge < -0.3 is 10.1 Å². The van der Waals surface area contributed by atoms with Crippen molar-refractivity contribution >= 4 is 21.6 Å². The summed E-state index contributed by atoms with van der Waals surface area (Å²) in [6, 6.07) is 12.1. The zero-order valence-corrected chi connectivity index (χ0v) is 12.4. The summed E-state index contributed by atoms with van der Waals surface area (Å²) in [5.74, 6) is 1.26. The number of halogens is 1. The molecule has 0 heterocycles. The molecule has 0 radical (unpaired) electrons. The van der Waals surface area contributed by atoms with E-state index in [9.17, 15) is 10.1 Å². The van der Waals surface area contributed by atoms with E-state index in [4.69, 9.17) is 4.74 Å². The second kappa shape index (κ2) is 6.49. The number of benzene rings is 2. The van der Waals surface area contributed by atoms with Crippen LogP contribution in [0.5, 0.6) is 11.5 Å². The van der Waals surface area contributed by atoms with Crippen LogP contribution < -0.4 is 10.1 Å². The van der Waals surface area contributed by atoms with Crippen molar-refractivity contribution in [1.82, 2.24) is 5.32 Å². The fraction of sp³-hybridized carbons (Fsp3) is 0.143. The fourth-order valence-electron chi connectivity index (χ4n) is 1.74. The lowest BCUT2D eigenvalue weighted by molar-refractivity contribution is -0.384. The molecule has 5 nitrogen and oxygen atoms in total. The van der Waals surface area contributed by atoms with Gasteiger partial charge in [0.05, 0.1) is 9.40 Å². The molecule has 2 rings (SSSR count). The molecule has 0 aromatic heterocycles. The molecule has 0 atom stereocenters. The zero-order valence-electron chi connectivity index (χ0n) is 10.8. The lowest BCUT2D eigenvalue weighted by Crippen LogP contribution is -2.06. The number of nitrogens with one attached hydrogen (secondary N) is 1. The van der Waals surface area contributed by atoms with E-state index in [2.05, 4.69) is 21.2 Å². The predicted molar refractivity (Wildman–Crippen MR) is 80.1 cm³/mol. The number of hydrogen-bond donors (Lipinski definition) is 1. The van der Waals surface area contributed by atoms with Gasteiger partial charge in [-0.1, -0.05) is 18.2 Å². The van der Waals surface area contributed by atoms with Gasteiger partial charge in [-0.3, -0.25) is 10.1 Å². The maximum Gasteiger partial charge on any atom is 0.270 e. The van der Waals surface area contributed by atoms with Gasteiger partial charge in [0.15, 0.2) is 0 Å². The molecule has 0 fully saturated rings. The van der Waals surface area contributed by atoms with Crippen molar-refractivity contribution in [3.05, 3.63) is 62.6 Å². The summed E-state index contributed by atoms with van der Waals surface area (Å²) < 4.78 is 6.37. The SMILES string of the molecule is CNCc1ccccc1Oc1ccc([N+](=O)[O-])cc1Br. The highest BCUT2D eigenvalue weighted by Crippen LogP contribution is 2.33. The van der Waals surface area contributed by atoms with Crippen LogP contribution in [0.1, 0.15) is 5.56 Å². The van der Waals surface area contributed by atoms with Gasteiger partial charge in [-0.15, -0.1) is 0 Å². The number of nitro benzene ring substituents is 1. The fourth-order valence-corrected chi connectivity index (χ4v) is 2.19. The second-order valence-corrected chi connectivity index (χ2v) is 4.97. The third kappa shape index (κ3) is 3.34. The minimum Gasteiger partial charge on any atom is -0.456 e. The number of nitrogens with zero attached hydrogens (tertiary/aromatic N) is 1. The van der Waals surface area contributed by atoms with E-state index in [-0.39, 0.29) is 5.69 Å². The number of non-ortho nitro benzene ring substituents is 1. The summed E-state index contributed by atoms with van der Waals surface area (Å²) in [5.41, 5.74) is 1.04. The van der Waals surface area contributed by atoms with E-state index in [1.165, 1.54) is 12.1 Å². The van der Waals surface area contributed by atoms with Crippen LogP contribution in [0.3, 0.4) is 0 Å². The van der Waals surface area contributed by atoms with Crippen LogP contribution in [0.15, 0.2) is 46.9 Å². The normalized spacial score (nSPS) is 10.3. The van der Waals surface area contributed by atoms with Crippen LogP contribution in [0.2, 0.25) is 0 Å². The Kier molecular flexibility index (Phi) is 4.70. The Labute approximate surface area is 124 Å². The molecule has 2 aromatic carbocycles. The van der Waals surface area contributed by atoms with Gasteiger partial charge in [-0.05, 0) is 35.1 Å². The monoisotopic (exact) mass is 336 g/mol. The molecule has 0 saturated carbocycles. The molecule has 104 valence electrons. The highest BCUT2D eigenvalue weighted by molar-refractivity contribution is 9.10. The van der Waals surface area contributed by atoms with Crippen molar-refractivity contribution in [2.24, 2.45) is 0 Å². The van der Waals surface area contributed by atoms with Gasteiger partial charge in [-0.2, -0.15) is 0 Å². The predicted octanol–water partition coefficient (Wildman–Crippen LogP) is 3.87. The third-order valence-electron chi connectivity index (χ3n) is 2.69. The van der Waals surface area contributed by atoms with Crippen LogP contribution in [0.4, 0.5) is 5.69 Å². The van der Waals surface area contributed by atoms with E-state index in [1.807, 2.05) is 31.3 Å². The summed E-state index contributed by atoms with van der Waals surface area (Å²) in [6.07, 6.45) is 0. The van der Waals surface area contributed by atoms with Crippen LogP contribution in [-0.2, 0) is 6.54 Å². The first kappa shape index (κ1) is 14.5. The quantitative estimate of drug-likeness (QED) is 0.664. The van der Waals surface area contributed by atoms with Gasteiger partial charge in [0.2, 0.25) is 0 Å². The van der Waals surface area contributed by atoms with Crippen LogP contribution in [0, 0.1) is 10.1 Å². The van der Waals surface area contributed by atoms with Crippen molar-refractivity contribution in [1.29, 1.82) is 0 Å². The van der Waals surface area contributed by atoms with Crippen molar-refractivity contribution in [3.63, 3.8) is 0 Å². The minimum absolute atomic E-state index is 0.0211. The summed E-state index contributed by atoms with van der Waals surface area (Å²) in [4.78, 5) is 10.3. The summed E-state index contributed by atoms with van der Waals surface area (Å²) >= 11 is 3.29. The maximum absolute atomic E-state index is 10.7. The summed E-state index contributed by atoms with van der Waals surface area (Å²) in [5, 5.41) is 13.8. The Morgan fingerprint density at radius 2 is 2.00 bits per heavy atom. The Bertz CT molecular complexity index is 632. The van der Waals surface area contributed by atoms with E-state index in [1.54, 1.807) is 6.07 Å². The molecule has 0 aliphatic heterocycles. The zero-order chi connectivity index (χ0) is 14.5. The minimum atomic E-state index is -0.441. The van der Waals surface area contributed by atoms with Crippen molar-refractivity contribution in [2.75, 3.05) is 7.05 Å². The first-order valence-electron chi connectivity index (χ1n) is 5.96. The Morgan fingerprint density at radius 1 is 1.25 bits per heavy atom. The molecule has 0 unspecified atom stereocenters. The maximum atomic E-state index is 10.7. The largest absolute Gasteiger partial charge is 0.456 e. The molecule has 0 amide bonds. The Hall–Kier alpha value is -1.92. The number of hydrogen-bond acceptors (Lipinski definition) is 4. The number of ether oxygens (including phenoxy) is 1. The van der Waals surface area contributed by atoms with Gasteiger partial charge in [0.1, 0.15) is 11.5 Å². The number of nitro groups is 1. The first-order chi connectivity index (χ1) is 9.61.